The van der Waals surface area contributed by atoms with Gasteiger partial charge in [-0.2, -0.15) is 0 Å². The molecular weight excluding hydrogens is 270 g/mol. The fourth-order valence-corrected chi connectivity index (χ4v) is 2.73. The highest BCUT2D eigenvalue weighted by Gasteiger charge is 2.02. The molecule has 1 aromatic carbocycles. The maximum Gasteiger partial charge on any atom is 0.119 e. The molecule has 0 amide bonds. The average Bonchev–Trinajstić information content (AvgIpc) is 2.92. The normalized spacial score (nSPS) is 11.0. The third-order valence-electron chi connectivity index (χ3n) is 3.11. The summed E-state index contributed by atoms with van der Waals surface area (Å²) in [6.07, 6.45) is 1.83. The van der Waals surface area contributed by atoms with Crippen LogP contribution in [0.4, 0.5) is 0 Å². The van der Waals surface area contributed by atoms with Crippen molar-refractivity contribution in [2.24, 2.45) is 0 Å². The molecule has 108 valence electrons. The Kier molecular flexibility index (Phi) is 5.56. The molecule has 4 heteroatoms. The third kappa shape index (κ3) is 4.32. The molecule has 0 aliphatic carbocycles. The number of ether oxygens (including phenoxy) is 1. The van der Waals surface area contributed by atoms with Crippen molar-refractivity contribution in [3.05, 3.63) is 45.9 Å². The van der Waals surface area contributed by atoms with E-state index < -0.39 is 0 Å². The molecule has 1 aromatic heterocycles. The van der Waals surface area contributed by atoms with Gasteiger partial charge in [-0.25, -0.2) is 4.98 Å². The van der Waals surface area contributed by atoms with E-state index in [0.29, 0.717) is 12.5 Å². The van der Waals surface area contributed by atoms with Gasteiger partial charge in [0.05, 0.1) is 23.9 Å². The molecule has 0 saturated heterocycles. The van der Waals surface area contributed by atoms with Crippen LogP contribution in [0, 0.1) is 0 Å². The van der Waals surface area contributed by atoms with Gasteiger partial charge in [-0.15, -0.1) is 11.3 Å². The van der Waals surface area contributed by atoms with Gasteiger partial charge in [0.1, 0.15) is 5.75 Å². The fraction of sp³-hybridized carbons (Fsp3) is 0.438. The first-order chi connectivity index (χ1) is 9.69. The Morgan fingerprint density at radius 3 is 2.60 bits per heavy atom. The monoisotopic (exact) mass is 291 g/mol. The molecule has 0 radical (unpaired) electrons. The topological polar surface area (TPSA) is 42.4 Å². The zero-order valence-corrected chi connectivity index (χ0v) is 12.8. The Hall–Kier alpha value is -1.39. The van der Waals surface area contributed by atoms with Crippen LogP contribution in [0.1, 0.15) is 42.5 Å². The van der Waals surface area contributed by atoms with Gasteiger partial charge in [-0.05, 0) is 30.0 Å². The van der Waals surface area contributed by atoms with Gasteiger partial charge in [0.15, 0.2) is 0 Å². The summed E-state index contributed by atoms with van der Waals surface area (Å²) in [4.78, 5) is 4.32. The number of aryl methyl sites for hydroxylation is 1. The number of hydrogen-bond acceptors (Lipinski definition) is 4. The summed E-state index contributed by atoms with van der Waals surface area (Å²) in [5, 5.41) is 11.9. The molecule has 0 saturated carbocycles. The molecule has 0 bridgehead atoms. The van der Waals surface area contributed by atoms with Crippen LogP contribution in [0.5, 0.6) is 5.75 Å². The molecule has 3 nitrogen and oxygen atoms in total. The Labute approximate surface area is 124 Å². The Bertz CT molecular complexity index is 520. The lowest BCUT2D eigenvalue weighted by Gasteiger charge is -2.08. The van der Waals surface area contributed by atoms with Crippen molar-refractivity contribution in [1.29, 1.82) is 0 Å². The van der Waals surface area contributed by atoms with Crippen molar-refractivity contribution >= 4 is 11.3 Å². The predicted octanol–water partition coefficient (Wildman–Crippen LogP) is 3.77. The first kappa shape index (κ1) is 15.0. The minimum absolute atomic E-state index is 0.0230. The second-order valence-corrected chi connectivity index (χ2v) is 6.01. The highest BCUT2D eigenvalue weighted by Crippen LogP contribution is 2.19. The molecule has 0 spiro atoms. The lowest BCUT2D eigenvalue weighted by molar-refractivity contribution is 0.277. The van der Waals surface area contributed by atoms with E-state index >= 15 is 0 Å². The number of aliphatic hydroxyl groups excluding tert-OH is 1. The van der Waals surface area contributed by atoms with Gasteiger partial charge in [-0.3, -0.25) is 0 Å². The summed E-state index contributed by atoms with van der Waals surface area (Å²) >= 11 is 1.60. The maximum atomic E-state index is 8.95. The number of aromatic nitrogens is 1. The number of benzene rings is 1. The zero-order valence-electron chi connectivity index (χ0n) is 12.0. The van der Waals surface area contributed by atoms with Crippen LogP contribution in [-0.2, 0) is 13.0 Å². The van der Waals surface area contributed by atoms with E-state index in [1.54, 1.807) is 11.3 Å². The maximum absolute atomic E-state index is 8.95. The van der Waals surface area contributed by atoms with E-state index in [4.69, 9.17) is 9.84 Å². The van der Waals surface area contributed by atoms with Crippen LogP contribution in [0.15, 0.2) is 29.6 Å². The molecule has 20 heavy (non-hydrogen) atoms. The summed E-state index contributed by atoms with van der Waals surface area (Å²) in [6, 6.07) is 8.30. The van der Waals surface area contributed by atoms with Crippen LogP contribution >= 0.6 is 11.3 Å². The van der Waals surface area contributed by atoms with E-state index in [2.05, 4.69) is 31.0 Å². The van der Waals surface area contributed by atoms with Crippen LogP contribution in [0.2, 0.25) is 0 Å². The quantitative estimate of drug-likeness (QED) is 0.790. The van der Waals surface area contributed by atoms with Crippen molar-refractivity contribution in [2.75, 3.05) is 6.61 Å². The van der Waals surface area contributed by atoms with E-state index in [9.17, 15) is 0 Å². The van der Waals surface area contributed by atoms with Crippen molar-refractivity contribution in [3.63, 3.8) is 0 Å². The standard InChI is InChI=1S/C16H21NO2S/c1-12(2)13-5-7-15(8-6-13)19-9-3-4-16-17-14(10-18)11-20-16/h5-8,11-12,18H,3-4,9-10H2,1-2H3. The molecule has 2 aromatic rings. The SMILES string of the molecule is CC(C)c1ccc(OCCCc2nc(CO)cs2)cc1. The van der Waals surface area contributed by atoms with Crippen molar-refractivity contribution in [2.45, 2.75) is 39.2 Å². The number of thiazole rings is 1. The zero-order chi connectivity index (χ0) is 14.4. The van der Waals surface area contributed by atoms with Gasteiger partial charge in [0.25, 0.3) is 0 Å². The van der Waals surface area contributed by atoms with Crippen molar-refractivity contribution in [1.82, 2.24) is 4.98 Å². The number of nitrogens with zero attached hydrogens (tertiary/aromatic N) is 1. The Morgan fingerprint density at radius 1 is 1.25 bits per heavy atom. The summed E-state index contributed by atoms with van der Waals surface area (Å²) in [6.45, 7) is 5.08. The largest absolute Gasteiger partial charge is 0.494 e. The van der Waals surface area contributed by atoms with Gasteiger partial charge in [-0.1, -0.05) is 26.0 Å². The number of rotatable bonds is 7. The van der Waals surface area contributed by atoms with Crippen LogP contribution in [-0.4, -0.2) is 16.7 Å². The number of hydrogen-bond donors (Lipinski definition) is 1. The molecule has 0 fully saturated rings. The molecule has 0 atom stereocenters. The molecule has 0 aliphatic heterocycles. The van der Waals surface area contributed by atoms with E-state index in [-0.39, 0.29) is 6.61 Å². The second kappa shape index (κ2) is 7.41. The summed E-state index contributed by atoms with van der Waals surface area (Å²) in [7, 11) is 0. The molecular formula is C16H21NO2S. The first-order valence-electron chi connectivity index (χ1n) is 6.96. The lowest BCUT2D eigenvalue weighted by atomic mass is 10.0. The van der Waals surface area contributed by atoms with Crippen LogP contribution in [0.25, 0.3) is 0 Å². The molecule has 1 N–H and O–H groups in total. The van der Waals surface area contributed by atoms with E-state index in [1.807, 2.05) is 17.5 Å². The molecule has 0 aliphatic rings. The Morgan fingerprint density at radius 2 is 2.00 bits per heavy atom. The van der Waals surface area contributed by atoms with Crippen LogP contribution in [0.3, 0.4) is 0 Å². The minimum atomic E-state index is 0.0230. The van der Waals surface area contributed by atoms with E-state index in [1.165, 1.54) is 5.56 Å². The van der Waals surface area contributed by atoms with E-state index in [0.717, 1.165) is 29.3 Å². The average molecular weight is 291 g/mol. The molecule has 0 unspecified atom stereocenters. The van der Waals surface area contributed by atoms with Crippen molar-refractivity contribution in [3.8, 4) is 5.75 Å². The first-order valence-corrected chi connectivity index (χ1v) is 7.84. The van der Waals surface area contributed by atoms with Gasteiger partial charge in [0.2, 0.25) is 0 Å². The molecule has 2 rings (SSSR count). The van der Waals surface area contributed by atoms with Gasteiger partial charge < -0.3 is 9.84 Å². The van der Waals surface area contributed by atoms with Gasteiger partial charge in [0, 0.05) is 11.8 Å². The third-order valence-corrected chi connectivity index (χ3v) is 4.07. The molecule has 1 heterocycles. The summed E-state index contributed by atoms with van der Waals surface area (Å²) < 4.78 is 5.72. The second-order valence-electron chi connectivity index (χ2n) is 5.07. The highest BCUT2D eigenvalue weighted by molar-refractivity contribution is 7.09. The Balaban J connectivity index is 1.72. The summed E-state index contributed by atoms with van der Waals surface area (Å²) in [5.41, 5.74) is 2.09. The lowest BCUT2D eigenvalue weighted by Crippen LogP contribution is -1.99. The van der Waals surface area contributed by atoms with Crippen molar-refractivity contribution < 1.29 is 9.84 Å². The fourth-order valence-electron chi connectivity index (χ4n) is 1.90. The van der Waals surface area contributed by atoms with Gasteiger partial charge >= 0.3 is 0 Å². The predicted molar refractivity (Wildman–Crippen MR) is 82.4 cm³/mol. The van der Waals surface area contributed by atoms with Crippen LogP contribution < -0.4 is 4.74 Å². The smallest absolute Gasteiger partial charge is 0.119 e. The minimum Gasteiger partial charge on any atom is -0.494 e. The summed E-state index contributed by atoms with van der Waals surface area (Å²) in [5.74, 6) is 1.47. The highest BCUT2D eigenvalue weighted by atomic mass is 32.1. The number of aliphatic hydroxyl groups is 1.